The van der Waals surface area contributed by atoms with Gasteiger partial charge in [-0.3, -0.25) is 10.1 Å². The van der Waals surface area contributed by atoms with E-state index in [1.165, 1.54) is 6.42 Å². The lowest BCUT2D eigenvalue weighted by Crippen LogP contribution is -2.55. The van der Waals surface area contributed by atoms with Crippen LogP contribution in [-0.4, -0.2) is 48.6 Å². The van der Waals surface area contributed by atoms with Gasteiger partial charge in [0, 0.05) is 25.2 Å². The Morgan fingerprint density at radius 1 is 1.35 bits per heavy atom. The smallest absolute Gasteiger partial charge is 0.239 e. The molecule has 2 aliphatic rings. The normalized spacial score (nSPS) is 31.5. The van der Waals surface area contributed by atoms with Crippen LogP contribution in [0.4, 0.5) is 0 Å². The summed E-state index contributed by atoms with van der Waals surface area (Å²) in [6.07, 6.45) is 4.70. The average molecular weight is 239 g/mol. The van der Waals surface area contributed by atoms with Crippen molar-refractivity contribution in [3.63, 3.8) is 0 Å². The van der Waals surface area contributed by atoms with Gasteiger partial charge in [-0.15, -0.1) is 0 Å². The van der Waals surface area contributed by atoms with Crippen molar-refractivity contribution in [2.24, 2.45) is 0 Å². The molecule has 0 radical (unpaired) electrons. The molecule has 2 saturated heterocycles. The molecule has 2 rings (SSSR count). The highest BCUT2D eigenvalue weighted by Crippen LogP contribution is 2.16. The highest BCUT2D eigenvalue weighted by Gasteiger charge is 2.32. The van der Waals surface area contributed by atoms with Crippen molar-refractivity contribution in [2.75, 3.05) is 26.2 Å². The molecule has 4 nitrogen and oxygen atoms in total. The minimum atomic E-state index is -0.0574. The number of carbonyl (C=O) groups excluding carboxylic acids is 1. The summed E-state index contributed by atoms with van der Waals surface area (Å²) in [5.41, 5.74) is 0.0882. The van der Waals surface area contributed by atoms with Crippen LogP contribution in [0.15, 0.2) is 0 Å². The Hall–Kier alpha value is -0.610. The third kappa shape index (κ3) is 3.19. The van der Waals surface area contributed by atoms with Gasteiger partial charge in [0.25, 0.3) is 0 Å². The Balaban J connectivity index is 1.85. The zero-order valence-corrected chi connectivity index (χ0v) is 11.1. The number of hydrogen-bond acceptors (Lipinski definition) is 3. The number of nitrogens with one attached hydrogen (secondary N) is 2. The van der Waals surface area contributed by atoms with E-state index >= 15 is 0 Å². The fourth-order valence-corrected chi connectivity index (χ4v) is 2.91. The van der Waals surface area contributed by atoms with Crippen LogP contribution in [0, 0.1) is 0 Å². The molecule has 2 aliphatic heterocycles. The number of rotatable bonds is 3. The van der Waals surface area contributed by atoms with Crippen molar-refractivity contribution < 1.29 is 4.79 Å². The maximum absolute atomic E-state index is 12.3. The number of amides is 1. The van der Waals surface area contributed by atoms with E-state index in [-0.39, 0.29) is 17.5 Å². The zero-order chi connectivity index (χ0) is 12.3. The van der Waals surface area contributed by atoms with Crippen molar-refractivity contribution >= 4 is 5.91 Å². The molecule has 2 fully saturated rings. The predicted molar refractivity (Wildman–Crippen MR) is 68.9 cm³/mol. The lowest BCUT2D eigenvalue weighted by Gasteiger charge is -2.33. The SMILES string of the molecule is CC(NC1(C)CCNC1)C(=O)N1CCCCC1. The summed E-state index contributed by atoms with van der Waals surface area (Å²) in [7, 11) is 0. The molecule has 2 atom stereocenters. The van der Waals surface area contributed by atoms with Crippen molar-refractivity contribution in [1.29, 1.82) is 0 Å². The summed E-state index contributed by atoms with van der Waals surface area (Å²) in [6.45, 7) is 8.10. The Bertz CT molecular complexity index is 268. The van der Waals surface area contributed by atoms with E-state index in [2.05, 4.69) is 17.6 Å². The molecule has 17 heavy (non-hydrogen) atoms. The van der Waals surface area contributed by atoms with Gasteiger partial charge in [-0.1, -0.05) is 0 Å². The number of hydrogen-bond donors (Lipinski definition) is 2. The Kier molecular flexibility index (Phi) is 4.05. The maximum atomic E-state index is 12.3. The molecular formula is C13H25N3O. The third-order valence-corrected chi connectivity index (χ3v) is 3.97. The van der Waals surface area contributed by atoms with Crippen LogP contribution in [0.5, 0.6) is 0 Å². The largest absolute Gasteiger partial charge is 0.341 e. The fraction of sp³-hybridized carbons (Fsp3) is 0.923. The van der Waals surface area contributed by atoms with Crippen LogP contribution < -0.4 is 10.6 Å². The topological polar surface area (TPSA) is 44.4 Å². The second-order valence-corrected chi connectivity index (χ2v) is 5.74. The van der Waals surface area contributed by atoms with Gasteiger partial charge in [-0.2, -0.15) is 0 Å². The van der Waals surface area contributed by atoms with Gasteiger partial charge in [0.15, 0.2) is 0 Å². The Morgan fingerprint density at radius 2 is 2.06 bits per heavy atom. The average Bonchev–Trinajstić information content (AvgIpc) is 2.76. The molecule has 0 saturated carbocycles. The monoisotopic (exact) mass is 239 g/mol. The van der Waals surface area contributed by atoms with Crippen LogP contribution in [0.2, 0.25) is 0 Å². The first kappa shape index (κ1) is 12.8. The molecule has 2 N–H and O–H groups in total. The van der Waals surface area contributed by atoms with E-state index < -0.39 is 0 Å². The minimum absolute atomic E-state index is 0.0574. The minimum Gasteiger partial charge on any atom is -0.341 e. The molecule has 0 aliphatic carbocycles. The first-order valence-corrected chi connectivity index (χ1v) is 6.88. The van der Waals surface area contributed by atoms with Gasteiger partial charge in [-0.05, 0) is 46.1 Å². The summed E-state index contributed by atoms with van der Waals surface area (Å²) in [5.74, 6) is 0.276. The predicted octanol–water partition coefficient (Wildman–Crippen LogP) is 0.729. The van der Waals surface area contributed by atoms with Gasteiger partial charge >= 0.3 is 0 Å². The van der Waals surface area contributed by atoms with Crippen LogP contribution >= 0.6 is 0 Å². The van der Waals surface area contributed by atoms with Gasteiger partial charge in [0.1, 0.15) is 0 Å². The zero-order valence-electron chi connectivity index (χ0n) is 11.1. The van der Waals surface area contributed by atoms with Crippen molar-refractivity contribution in [3.8, 4) is 0 Å². The lowest BCUT2D eigenvalue weighted by molar-refractivity contribution is -0.134. The van der Waals surface area contributed by atoms with E-state index in [1.807, 2.05) is 11.8 Å². The number of piperidine rings is 1. The Morgan fingerprint density at radius 3 is 2.65 bits per heavy atom. The molecule has 0 aromatic heterocycles. The van der Waals surface area contributed by atoms with Crippen LogP contribution in [0.1, 0.15) is 39.5 Å². The quantitative estimate of drug-likeness (QED) is 0.763. The van der Waals surface area contributed by atoms with Gasteiger partial charge < -0.3 is 10.2 Å². The molecular weight excluding hydrogens is 214 g/mol. The summed E-state index contributed by atoms with van der Waals surface area (Å²) in [5, 5.41) is 6.85. The molecule has 1 amide bonds. The van der Waals surface area contributed by atoms with Crippen molar-refractivity contribution in [3.05, 3.63) is 0 Å². The molecule has 0 aromatic rings. The Labute approximate surface area is 104 Å². The van der Waals surface area contributed by atoms with Crippen molar-refractivity contribution in [2.45, 2.75) is 51.1 Å². The molecule has 98 valence electrons. The van der Waals surface area contributed by atoms with E-state index in [0.29, 0.717) is 0 Å². The standard InChI is InChI=1S/C13H25N3O/c1-11(15-13(2)6-7-14-10-13)12(17)16-8-4-3-5-9-16/h11,14-15H,3-10H2,1-2H3. The fourth-order valence-electron chi connectivity index (χ4n) is 2.91. The molecule has 0 spiro atoms. The van der Waals surface area contributed by atoms with Gasteiger partial charge in [-0.25, -0.2) is 0 Å². The van der Waals surface area contributed by atoms with Gasteiger partial charge in [0.05, 0.1) is 6.04 Å². The third-order valence-electron chi connectivity index (χ3n) is 3.97. The summed E-state index contributed by atoms with van der Waals surface area (Å²) in [6, 6.07) is -0.0574. The van der Waals surface area contributed by atoms with Crippen LogP contribution in [0.25, 0.3) is 0 Å². The number of carbonyl (C=O) groups is 1. The number of likely N-dealkylation sites (tertiary alicyclic amines) is 1. The van der Waals surface area contributed by atoms with E-state index in [0.717, 1.165) is 45.4 Å². The van der Waals surface area contributed by atoms with Crippen LogP contribution in [0.3, 0.4) is 0 Å². The van der Waals surface area contributed by atoms with E-state index in [1.54, 1.807) is 0 Å². The van der Waals surface area contributed by atoms with Crippen molar-refractivity contribution in [1.82, 2.24) is 15.5 Å². The van der Waals surface area contributed by atoms with E-state index in [9.17, 15) is 4.79 Å². The first-order chi connectivity index (χ1) is 8.11. The highest BCUT2D eigenvalue weighted by molar-refractivity contribution is 5.81. The lowest BCUT2D eigenvalue weighted by atomic mass is 10.00. The number of nitrogens with zero attached hydrogens (tertiary/aromatic N) is 1. The molecule has 0 aromatic carbocycles. The molecule has 2 heterocycles. The van der Waals surface area contributed by atoms with Gasteiger partial charge in [0.2, 0.25) is 5.91 Å². The van der Waals surface area contributed by atoms with Crippen LogP contribution in [-0.2, 0) is 4.79 Å². The summed E-state index contributed by atoms with van der Waals surface area (Å²) < 4.78 is 0. The second-order valence-electron chi connectivity index (χ2n) is 5.74. The summed E-state index contributed by atoms with van der Waals surface area (Å²) >= 11 is 0. The molecule has 0 bridgehead atoms. The van der Waals surface area contributed by atoms with E-state index in [4.69, 9.17) is 0 Å². The summed E-state index contributed by atoms with van der Waals surface area (Å²) in [4.78, 5) is 14.3. The molecule has 2 unspecified atom stereocenters. The highest BCUT2D eigenvalue weighted by atomic mass is 16.2. The first-order valence-electron chi connectivity index (χ1n) is 6.88. The maximum Gasteiger partial charge on any atom is 0.239 e. The second kappa shape index (κ2) is 5.36. The molecule has 4 heteroatoms.